The summed E-state index contributed by atoms with van der Waals surface area (Å²) in [6.45, 7) is 2.06. The third-order valence-electron chi connectivity index (χ3n) is 2.30. The number of hydrogen-bond donors (Lipinski definition) is 0. The minimum atomic E-state index is 0.867. The zero-order valence-electron chi connectivity index (χ0n) is 8.90. The Morgan fingerprint density at radius 1 is 1.07 bits per heavy atom. The molecule has 0 aliphatic rings. The number of rotatable bonds is 2. The van der Waals surface area contributed by atoms with Crippen molar-refractivity contribution in [3.8, 4) is 17.0 Å². The van der Waals surface area contributed by atoms with Gasteiger partial charge in [-0.25, -0.2) is 0 Å². The molecule has 2 heteroatoms. The van der Waals surface area contributed by atoms with Crippen molar-refractivity contribution in [2.75, 3.05) is 7.11 Å². The molecule has 1 aromatic heterocycles. The van der Waals surface area contributed by atoms with Gasteiger partial charge < -0.3 is 4.74 Å². The summed E-state index contributed by atoms with van der Waals surface area (Å²) in [4.78, 5) is 4.32. The number of benzene rings is 1. The summed E-state index contributed by atoms with van der Waals surface area (Å²) in [5.74, 6) is 0.867. The Bertz CT molecular complexity index is 448. The van der Waals surface area contributed by atoms with Gasteiger partial charge in [0.1, 0.15) is 5.75 Å². The first-order chi connectivity index (χ1) is 7.29. The number of pyridine rings is 1. The van der Waals surface area contributed by atoms with Crippen molar-refractivity contribution >= 4 is 0 Å². The van der Waals surface area contributed by atoms with Crippen LogP contribution in [0.25, 0.3) is 11.3 Å². The van der Waals surface area contributed by atoms with Crippen LogP contribution in [-0.2, 0) is 0 Å². The van der Waals surface area contributed by atoms with Crippen molar-refractivity contribution in [3.05, 3.63) is 48.2 Å². The maximum absolute atomic E-state index is 5.11. The molecule has 0 aliphatic heterocycles. The molecule has 0 amide bonds. The van der Waals surface area contributed by atoms with Crippen molar-refractivity contribution in [2.45, 2.75) is 6.92 Å². The van der Waals surface area contributed by atoms with Crippen molar-refractivity contribution in [2.24, 2.45) is 0 Å². The Kier molecular flexibility index (Phi) is 2.68. The van der Waals surface area contributed by atoms with Crippen LogP contribution in [0.2, 0.25) is 0 Å². The number of aryl methyl sites for hydroxylation is 1. The highest BCUT2D eigenvalue weighted by molar-refractivity contribution is 5.60. The Balaban J connectivity index is 2.37. The molecule has 0 radical (unpaired) electrons. The van der Waals surface area contributed by atoms with Gasteiger partial charge in [0.2, 0.25) is 0 Å². The molecule has 0 N–H and O–H groups in total. The average molecular weight is 199 g/mol. The third kappa shape index (κ3) is 2.15. The van der Waals surface area contributed by atoms with Crippen LogP contribution in [-0.4, -0.2) is 12.1 Å². The van der Waals surface area contributed by atoms with E-state index in [1.165, 1.54) is 5.56 Å². The standard InChI is InChI=1S/C13H13NO/c1-10-7-8-14-13(9-10)11-3-5-12(15-2)6-4-11/h3-9H,1-2H3. The van der Waals surface area contributed by atoms with Gasteiger partial charge in [-0.05, 0) is 48.9 Å². The highest BCUT2D eigenvalue weighted by Gasteiger charge is 1.99. The second kappa shape index (κ2) is 4.13. The fourth-order valence-corrected chi connectivity index (χ4v) is 1.46. The average Bonchev–Trinajstić information content (AvgIpc) is 2.29. The van der Waals surface area contributed by atoms with Gasteiger partial charge in [-0.3, -0.25) is 4.98 Å². The van der Waals surface area contributed by atoms with Crippen LogP contribution < -0.4 is 4.74 Å². The summed E-state index contributed by atoms with van der Waals surface area (Å²) in [7, 11) is 1.67. The molecule has 0 atom stereocenters. The van der Waals surface area contributed by atoms with Crippen molar-refractivity contribution in [1.82, 2.24) is 4.98 Å². The van der Waals surface area contributed by atoms with Crippen molar-refractivity contribution in [1.29, 1.82) is 0 Å². The minimum absolute atomic E-state index is 0.867. The van der Waals surface area contributed by atoms with Crippen LogP contribution in [0, 0.1) is 6.92 Å². The molecule has 0 aliphatic carbocycles. The fourth-order valence-electron chi connectivity index (χ4n) is 1.46. The molecule has 2 rings (SSSR count). The molecule has 2 aromatic rings. The molecule has 0 spiro atoms. The fraction of sp³-hybridized carbons (Fsp3) is 0.154. The van der Waals surface area contributed by atoms with Crippen molar-refractivity contribution in [3.63, 3.8) is 0 Å². The Hall–Kier alpha value is -1.83. The lowest BCUT2D eigenvalue weighted by Gasteiger charge is -2.03. The zero-order valence-corrected chi connectivity index (χ0v) is 8.90. The van der Waals surface area contributed by atoms with Gasteiger partial charge in [0.15, 0.2) is 0 Å². The van der Waals surface area contributed by atoms with E-state index in [4.69, 9.17) is 4.74 Å². The van der Waals surface area contributed by atoms with Gasteiger partial charge in [0.25, 0.3) is 0 Å². The van der Waals surface area contributed by atoms with Gasteiger partial charge in [-0.15, -0.1) is 0 Å². The summed E-state index contributed by atoms with van der Waals surface area (Å²) in [5, 5.41) is 0. The van der Waals surface area contributed by atoms with Crippen LogP contribution in [0.15, 0.2) is 42.6 Å². The smallest absolute Gasteiger partial charge is 0.118 e. The van der Waals surface area contributed by atoms with E-state index in [1.54, 1.807) is 7.11 Å². The normalized spacial score (nSPS) is 10.0. The highest BCUT2D eigenvalue weighted by Crippen LogP contribution is 2.20. The molecule has 1 heterocycles. The second-order valence-electron chi connectivity index (χ2n) is 3.45. The number of methoxy groups -OCH3 is 1. The number of hydrogen-bond acceptors (Lipinski definition) is 2. The number of ether oxygens (including phenoxy) is 1. The molecule has 0 bridgehead atoms. The van der Waals surface area contributed by atoms with Gasteiger partial charge in [-0.1, -0.05) is 0 Å². The van der Waals surface area contributed by atoms with Crippen LogP contribution in [0.1, 0.15) is 5.56 Å². The van der Waals surface area contributed by atoms with E-state index in [0.717, 1.165) is 17.0 Å². The van der Waals surface area contributed by atoms with E-state index in [0.29, 0.717) is 0 Å². The molecule has 0 fully saturated rings. The summed E-state index contributed by atoms with van der Waals surface area (Å²) >= 11 is 0. The minimum Gasteiger partial charge on any atom is -0.497 e. The molecule has 0 saturated carbocycles. The van der Waals surface area contributed by atoms with Crippen molar-refractivity contribution < 1.29 is 4.74 Å². The predicted octanol–water partition coefficient (Wildman–Crippen LogP) is 3.07. The Morgan fingerprint density at radius 3 is 2.40 bits per heavy atom. The SMILES string of the molecule is COc1ccc(-c2cc(C)ccn2)cc1. The topological polar surface area (TPSA) is 22.1 Å². The lowest BCUT2D eigenvalue weighted by Crippen LogP contribution is -1.85. The largest absolute Gasteiger partial charge is 0.497 e. The van der Waals surface area contributed by atoms with Crippen LogP contribution in [0.4, 0.5) is 0 Å². The van der Waals surface area contributed by atoms with Crippen LogP contribution >= 0.6 is 0 Å². The quantitative estimate of drug-likeness (QED) is 0.741. The van der Waals surface area contributed by atoms with Gasteiger partial charge in [-0.2, -0.15) is 0 Å². The predicted molar refractivity (Wildman–Crippen MR) is 61.0 cm³/mol. The summed E-state index contributed by atoms with van der Waals surface area (Å²) in [6.07, 6.45) is 1.83. The van der Waals surface area contributed by atoms with Gasteiger partial charge >= 0.3 is 0 Å². The lowest BCUT2D eigenvalue weighted by atomic mass is 10.1. The summed E-state index contributed by atoms with van der Waals surface area (Å²) in [5.41, 5.74) is 3.33. The van der Waals surface area contributed by atoms with E-state index in [-0.39, 0.29) is 0 Å². The number of aromatic nitrogens is 1. The monoisotopic (exact) mass is 199 g/mol. The molecular weight excluding hydrogens is 186 g/mol. The van der Waals surface area contributed by atoms with Crippen LogP contribution in [0.5, 0.6) is 5.75 Å². The van der Waals surface area contributed by atoms with E-state index in [1.807, 2.05) is 36.5 Å². The van der Waals surface area contributed by atoms with E-state index >= 15 is 0 Å². The first kappa shape index (κ1) is 9.71. The summed E-state index contributed by atoms with van der Waals surface area (Å²) in [6, 6.07) is 12.0. The lowest BCUT2D eigenvalue weighted by molar-refractivity contribution is 0.415. The zero-order chi connectivity index (χ0) is 10.7. The molecule has 0 saturated heterocycles. The van der Waals surface area contributed by atoms with E-state index < -0.39 is 0 Å². The maximum Gasteiger partial charge on any atom is 0.118 e. The molecule has 15 heavy (non-hydrogen) atoms. The first-order valence-electron chi connectivity index (χ1n) is 4.86. The van der Waals surface area contributed by atoms with E-state index in [9.17, 15) is 0 Å². The molecule has 2 nitrogen and oxygen atoms in total. The van der Waals surface area contributed by atoms with Gasteiger partial charge in [0, 0.05) is 11.8 Å². The maximum atomic E-state index is 5.11. The van der Waals surface area contributed by atoms with Gasteiger partial charge in [0.05, 0.1) is 12.8 Å². The number of nitrogens with zero attached hydrogens (tertiary/aromatic N) is 1. The van der Waals surface area contributed by atoms with Crippen LogP contribution in [0.3, 0.4) is 0 Å². The Morgan fingerprint density at radius 2 is 1.80 bits per heavy atom. The van der Waals surface area contributed by atoms with E-state index in [2.05, 4.69) is 18.0 Å². The molecular formula is C13H13NO. The molecule has 0 unspecified atom stereocenters. The molecule has 76 valence electrons. The molecule has 1 aromatic carbocycles. The third-order valence-corrected chi connectivity index (χ3v) is 2.30. The summed E-state index contributed by atoms with van der Waals surface area (Å²) < 4.78 is 5.11. The highest BCUT2D eigenvalue weighted by atomic mass is 16.5. The second-order valence-corrected chi connectivity index (χ2v) is 3.45. The Labute approximate surface area is 89.6 Å². The first-order valence-corrected chi connectivity index (χ1v) is 4.86.